The molecule has 0 N–H and O–H groups in total. The fourth-order valence-corrected chi connectivity index (χ4v) is 0.750. The molecule has 0 fully saturated rings. The van der Waals surface area contributed by atoms with E-state index in [0.717, 1.165) is 0 Å². The minimum atomic E-state index is -1.08. The van der Waals surface area contributed by atoms with Crippen molar-refractivity contribution < 1.29 is 23.8 Å². The molecule has 16 heavy (non-hydrogen) atoms. The number of hydrogen-bond donors (Lipinski definition) is 0. The van der Waals surface area contributed by atoms with Crippen LogP contribution >= 0.6 is 0 Å². The Balaban J connectivity index is 4.32. The van der Waals surface area contributed by atoms with Crippen LogP contribution in [-0.4, -0.2) is 30.9 Å². The molecule has 0 aliphatic carbocycles. The monoisotopic (exact) mass is 228 g/mol. The van der Waals surface area contributed by atoms with E-state index in [1.165, 1.54) is 0 Å². The quantitative estimate of drug-likeness (QED) is 0.416. The molecule has 0 rings (SSSR count). The summed E-state index contributed by atoms with van der Waals surface area (Å²) in [4.78, 5) is 21.9. The van der Waals surface area contributed by atoms with Gasteiger partial charge in [-0.15, -0.1) is 0 Å². The molecule has 5 heteroatoms. The number of carbonyl (C=O) groups excluding carboxylic acids is 2. The Morgan fingerprint density at radius 1 is 1.12 bits per heavy atom. The molecule has 90 valence electrons. The Hall–Kier alpha value is -1.70. The standard InChI is InChI=1S/C11H16O5/c1-5-14-9(12)7-8-11(3,4)16-10(13)15-6-2/h5-6H2,1-4H3. The van der Waals surface area contributed by atoms with Crippen LogP contribution in [0.4, 0.5) is 4.79 Å². The molecular weight excluding hydrogens is 212 g/mol. The molecule has 0 aromatic carbocycles. The highest BCUT2D eigenvalue weighted by Crippen LogP contribution is 2.08. The molecule has 0 aliphatic heterocycles. The number of rotatable bonds is 3. The zero-order chi connectivity index (χ0) is 12.6. The van der Waals surface area contributed by atoms with E-state index in [-0.39, 0.29) is 13.2 Å². The van der Waals surface area contributed by atoms with Crippen molar-refractivity contribution >= 4 is 12.1 Å². The van der Waals surface area contributed by atoms with Crippen LogP contribution in [0.1, 0.15) is 27.7 Å². The van der Waals surface area contributed by atoms with Crippen LogP contribution in [0.5, 0.6) is 0 Å². The molecule has 5 nitrogen and oxygen atoms in total. The summed E-state index contributed by atoms with van der Waals surface area (Å²) in [6, 6.07) is 0. The van der Waals surface area contributed by atoms with Crippen LogP contribution in [0.25, 0.3) is 0 Å². The third kappa shape index (κ3) is 6.71. The molecule has 0 atom stereocenters. The molecule has 0 aromatic rings. The van der Waals surface area contributed by atoms with E-state index in [2.05, 4.69) is 21.3 Å². The summed E-state index contributed by atoms with van der Waals surface area (Å²) in [7, 11) is 0. The lowest BCUT2D eigenvalue weighted by Crippen LogP contribution is -2.27. The van der Waals surface area contributed by atoms with Gasteiger partial charge in [-0.25, -0.2) is 9.59 Å². The first-order valence-corrected chi connectivity index (χ1v) is 4.97. The normalized spacial score (nSPS) is 9.75. The van der Waals surface area contributed by atoms with E-state index >= 15 is 0 Å². The van der Waals surface area contributed by atoms with Crippen molar-refractivity contribution in [1.82, 2.24) is 0 Å². The van der Waals surface area contributed by atoms with Crippen molar-refractivity contribution in [2.75, 3.05) is 13.2 Å². The van der Waals surface area contributed by atoms with Crippen molar-refractivity contribution in [3.63, 3.8) is 0 Å². The van der Waals surface area contributed by atoms with E-state index in [9.17, 15) is 9.59 Å². The molecule has 0 radical (unpaired) electrons. The highest BCUT2D eigenvalue weighted by atomic mass is 16.7. The zero-order valence-electron chi connectivity index (χ0n) is 9.96. The smallest absolute Gasteiger partial charge is 0.456 e. The number of carbonyl (C=O) groups is 2. The lowest BCUT2D eigenvalue weighted by atomic mass is 10.1. The predicted molar refractivity (Wildman–Crippen MR) is 56.6 cm³/mol. The summed E-state index contributed by atoms with van der Waals surface area (Å²) in [5.41, 5.74) is -1.08. The second-order valence-corrected chi connectivity index (χ2v) is 3.27. The second kappa shape index (κ2) is 6.72. The van der Waals surface area contributed by atoms with Crippen molar-refractivity contribution in [2.45, 2.75) is 33.3 Å². The zero-order valence-corrected chi connectivity index (χ0v) is 9.96. The van der Waals surface area contributed by atoms with Gasteiger partial charge < -0.3 is 14.2 Å². The van der Waals surface area contributed by atoms with Gasteiger partial charge in [-0.1, -0.05) is 0 Å². The van der Waals surface area contributed by atoms with E-state index in [0.29, 0.717) is 0 Å². The fraction of sp³-hybridized carbons (Fsp3) is 0.636. The van der Waals surface area contributed by atoms with Gasteiger partial charge in [-0.05, 0) is 33.6 Å². The number of hydrogen-bond acceptors (Lipinski definition) is 5. The highest BCUT2D eigenvalue weighted by Gasteiger charge is 2.21. The van der Waals surface area contributed by atoms with Gasteiger partial charge in [0.15, 0.2) is 5.60 Å². The number of ether oxygens (including phenoxy) is 3. The highest BCUT2D eigenvalue weighted by molar-refractivity contribution is 5.88. The Morgan fingerprint density at radius 2 is 1.69 bits per heavy atom. The van der Waals surface area contributed by atoms with Gasteiger partial charge in [0.05, 0.1) is 13.2 Å². The minimum absolute atomic E-state index is 0.222. The molecule has 0 spiro atoms. The number of esters is 1. The van der Waals surface area contributed by atoms with E-state index < -0.39 is 17.7 Å². The van der Waals surface area contributed by atoms with Gasteiger partial charge in [0, 0.05) is 5.92 Å². The molecule has 0 aliphatic rings. The maximum Gasteiger partial charge on any atom is 0.509 e. The Labute approximate surface area is 95.1 Å². The molecule has 0 bridgehead atoms. The minimum Gasteiger partial charge on any atom is -0.456 e. The van der Waals surface area contributed by atoms with E-state index in [1.807, 2.05) is 0 Å². The lowest BCUT2D eigenvalue weighted by molar-refractivity contribution is -0.136. The summed E-state index contributed by atoms with van der Waals surface area (Å²) < 4.78 is 14.1. The maximum atomic E-state index is 11.0. The van der Waals surface area contributed by atoms with Crippen LogP contribution in [-0.2, 0) is 19.0 Å². The first-order chi connectivity index (χ1) is 7.41. The van der Waals surface area contributed by atoms with Crippen molar-refractivity contribution in [2.24, 2.45) is 0 Å². The van der Waals surface area contributed by atoms with Gasteiger partial charge in [-0.2, -0.15) is 0 Å². The first-order valence-electron chi connectivity index (χ1n) is 4.97. The van der Waals surface area contributed by atoms with Gasteiger partial charge in [0.25, 0.3) is 0 Å². The summed E-state index contributed by atoms with van der Waals surface area (Å²) in [5.74, 6) is 4.06. The third-order valence-corrected chi connectivity index (χ3v) is 1.34. The van der Waals surface area contributed by atoms with Crippen LogP contribution in [0.15, 0.2) is 0 Å². The molecule has 0 aromatic heterocycles. The SMILES string of the molecule is CCOC(=O)C#CC(C)(C)OC(=O)OCC. The Bertz CT molecular complexity index is 308. The van der Waals surface area contributed by atoms with Crippen LogP contribution in [0.3, 0.4) is 0 Å². The van der Waals surface area contributed by atoms with Crippen LogP contribution in [0, 0.1) is 11.8 Å². The first kappa shape index (κ1) is 14.3. The molecule has 0 saturated carbocycles. The average Bonchev–Trinajstić information content (AvgIpc) is 2.15. The van der Waals surface area contributed by atoms with Crippen molar-refractivity contribution in [1.29, 1.82) is 0 Å². The fourth-order valence-electron chi connectivity index (χ4n) is 0.750. The third-order valence-electron chi connectivity index (χ3n) is 1.34. The van der Waals surface area contributed by atoms with Crippen LogP contribution in [0.2, 0.25) is 0 Å². The van der Waals surface area contributed by atoms with Gasteiger partial charge >= 0.3 is 12.1 Å². The van der Waals surface area contributed by atoms with E-state index in [1.54, 1.807) is 27.7 Å². The molecule has 0 saturated heterocycles. The van der Waals surface area contributed by atoms with Gasteiger partial charge in [-0.3, -0.25) is 0 Å². The topological polar surface area (TPSA) is 61.8 Å². The predicted octanol–water partition coefficient (Wildman–Crippen LogP) is 1.50. The van der Waals surface area contributed by atoms with E-state index in [4.69, 9.17) is 4.74 Å². The lowest BCUT2D eigenvalue weighted by Gasteiger charge is -2.17. The molecule has 0 heterocycles. The second-order valence-electron chi connectivity index (χ2n) is 3.27. The average molecular weight is 228 g/mol. The Morgan fingerprint density at radius 3 is 2.19 bits per heavy atom. The maximum absolute atomic E-state index is 11.0. The van der Waals surface area contributed by atoms with Gasteiger partial charge in [0.1, 0.15) is 0 Å². The van der Waals surface area contributed by atoms with Crippen molar-refractivity contribution in [3.05, 3.63) is 0 Å². The summed E-state index contributed by atoms with van der Waals surface area (Å²) in [5, 5.41) is 0. The molecule has 0 unspecified atom stereocenters. The van der Waals surface area contributed by atoms with Crippen LogP contribution < -0.4 is 0 Å². The summed E-state index contributed by atoms with van der Waals surface area (Å²) in [6.45, 7) is 6.93. The van der Waals surface area contributed by atoms with Gasteiger partial charge in [0.2, 0.25) is 0 Å². The molecule has 0 amide bonds. The van der Waals surface area contributed by atoms with Crippen molar-refractivity contribution in [3.8, 4) is 11.8 Å². The Kier molecular flexibility index (Phi) is 6.01. The largest absolute Gasteiger partial charge is 0.509 e. The summed E-state index contributed by atoms with van der Waals surface area (Å²) in [6.07, 6.45) is -0.814. The summed E-state index contributed by atoms with van der Waals surface area (Å²) >= 11 is 0. The molecular formula is C11H16O5.